The van der Waals surface area contributed by atoms with Gasteiger partial charge in [0.15, 0.2) is 0 Å². The highest BCUT2D eigenvalue weighted by molar-refractivity contribution is 5.85. The van der Waals surface area contributed by atoms with Crippen molar-refractivity contribution >= 4 is 11.8 Å². The molecular formula is C18H30N4O2. The summed E-state index contributed by atoms with van der Waals surface area (Å²) in [5.74, 6) is 1.57. The fourth-order valence-corrected chi connectivity index (χ4v) is 5.29. The number of rotatable bonds is 4. The molecule has 0 aromatic rings. The van der Waals surface area contributed by atoms with E-state index in [1.54, 1.807) is 0 Å². The summed E-state index contributed by atoms with van der Waals surface area (Å²) in [5.41, 5.74) is 0. The van der Waals surface area contributed by atoms with Gasteiger partial charge in [-0.3, -0.25) is 19.4 Å². The second kappa shape index (κ2) is 7.00. The van der Waals surface area contributed by atoms with Crippen LogP contribution in [-0.2, 0) is 9.59 Å². The van der Waals surface area contributed by atoms with Gasteiger partial charge in [-0.15, -0.1) is 0 Å². The Bertz CT molecular complexity index is 491. The zero-order valence-corrected chi connectivity index (χ0v) is 14.6. The molecule has 0 unspecified atom stereocenters. The van der Waals surface area contributed by atoms with E-state index >= 15 is 0 Å². The van der Waals surface area contributed by atoms with Gasteiger partial charge in [-0.25, -0.2) is 0 Å². The predicted octanol–water partition coefficient (Wildman–Crippen LogP) is 0.141. The summed E-state index contributed by atoms with van der Waals surface area (Å²) in [6.07, 6.45) is 6.24. The van der Waals surface area contributed by atoms with E-state index in [4.69, 9.17) is 0 Å². The number of carbonyl (C=O) groups excluding carboxylic acids is 2. The Labute approximate surface area is 144 Å². The van der Waals surface area contributed by atoms with Crippen molar-refractivity contribution in [3.63, 3.8) is 0 Å². The Morgan fingerprint density at radius 2 is 1.75 bits per heavy atom. The van der Waals surface area contributed by atoms with Gasteiger partial charge in [-0.1, -0.05) is 6.42 Å². The van der Waals surface area contributed by atoms with E-state index in [2.05, 4.69) is 15.1 Å². The molecular weight excluding hydrogens is 304 g/mol. The van der Waals surface area contributed by atoms with E-state index in [0.29, 0.717) is 6.54 Å². The van der Waals surface area contributed by atoms with Crippen molar-refractivity contribution in [3.05, 3.63) is 0 Å². The first-order chi connectivity index (χ1) is 11.7. The van der Waals surface area contributed by atoms with Crippen molar-refractivity contribution in [2.75, 3.05) is 52.4 Å². The van der Waals surface area contributed by atoms with Crippen molar-refractivity contribution in [3.8, 4) is 0 Å². The molecule has 0 saturated carbocycles. The molecule has 0 aromatic heterocycles. The summed E-state index contributed by atoms with van der Waals surface area (Å²) >= 11 is 0. The standard InChI is InChI=1S/C18H30N4O2/c23-17(19-9-18(24)21-6-3-4-7-21)13-20-10-14-11-22-8-2-1-5-16(22)15(14)12-20/h14-16H,1-13H2,(H,19,23)/t14-,15-,16-/m1/s1. The molecule has 0 bridgehead atoms. The lowest BCUT2D eigenvalue weighted by atomic mass is 9.90. The third kappa shape index (κ3) is 3.31. The second-order valence-electron chi connectivity index (χ2n) is 8.04. The maximum absolute atomic E-state index is 12.2. The van der Waals surface area contributed by atoms with E-state index in [-0.39, 0.29) is 18.4 Å². The Morgan fingerprint density at radius 3 is 2.58 bits per heavy atom. The topological polar surface area (TPSA) is 55.9 Å². The Kier molecular flexibility index (Phi) is 4.77. The molecule has 0 aromatic carbocycles. The summed E-state index contributed by atoms with van der Waals surface area (Å²) in [7, 11) is 0. The summed E-state index contributed by atoms with van der Waals surface area (Å²) in [6, 6.07) is 0.758. The molecule has 0 spiro atoms. The molecule has 4 aliphatic rings. The van der Waals surface area contributed by atoms with E-state index in [9.17, 15) is 9.59 Å². The molecule has 3 atom stereocenters. The minimum Gasteiger partial charge on any atom is -0.346 e. The SMILES string of the molecule is O=C(CN1C[C@@H]2CN3CCCC[C@@H]3[C@@H]2C1)NCC(=O)N1CCCC1. The van der Waals surface area contributed by atoms with E-state index in [1.807, 2.05) is 4.90 Å². The fraction of sp³-hybridized carbons (Fsp3) is 0.889. The zero-order chi connectivity index (χ0) is 16.5. The monoisotopic (exact) mass is 334 g/mol. The molecule has 134 valence electrons. The van der Waals surface area contributed by atoms with Crippen molar-refractivity contribution in [2.45, 2.75) is 38.1 Å². The van der Waals surface area contributed by atoms with Gasteiger partial charge in [-0.2, -0.15) is 0 Å². The van der Waals surface area contributed by atoms with Crippen LogP contribution in [0.3, 0.4) is 0 Å². The summed E-state index contributed by atoms with van der Waals surface area (Å²) in [6.45, 7) is 6.91. The maximum atomic E-state index is 12.2. The smallest absolute Gasteiger partial charge is 0.241 e. The number of piperidine rings is 1. The number of fused-ring (bicyclic) bond motifs is 3. The van der Waals surface area contributed by atoms with Gasteiger partial charge in [0.2, 0.25) is 11.8 Å². The normalized spacial score (nSPS) is 33.5. The van der Waals surface area contributed by atoms with Crippen molar-refractivity contribution in [2.24, 2.45) is 11.8 Å². The number of nitrogens with zero attached hydrogens (tertiary/aromatic N) is 3. The highest BCUT2D eigenvalue weighted by Crippen LogP contribution is 2.40. The lowest BCUT2D eigenvalue weighted by molar-refractivity contribution is -0.132. The number of amides is 2. The molecule has 1 N–H and O–H groups in total. The van der Waals surface area contributed by atoms with Gasteiger partial charge >= 0.3 is 0 Å². The number of hydrogen-bond donors (Lipinski definition) is 1. The molecule has 4 aliphatic heterocycles. The first-order valence-corrected chi connectivity index (χ1v) is 9.71. The number of hydrogen-bond acceptors (Lipinski definition) is 4. The molecule has 4 rings (SSSR count). The van der Waals surface area contributed by atoms with E-state index < -0.39 is 0 Å². The average molecular weight is 334 g/mol. The van der Waals surface area contributed by atoms with Crippen molar-refractivity contribution in [1.82, 2.24) is 20.0 Å². The molecule has 4 saturated heterocycles. The second-order valence-corrected chi connectivity index (χ2v) is 8.04. The molecule has 0 aliphatic carbocycles. The van der Waals surface area contributed by atoms with Crippen LogP contribution in [0.1, 0.15) is 32.1 Å². The highest BCUT2D eigenvalue weighted by atomic mass is 16.2. The van der Waals surface area contributed by atoms with Gasteiger partial charge in [0.05, 0.1) is 13.1 Å². The first-order valence-electron chi connectivity index (χ1n) is 9.71. The van der Waals surface area contributed by atoms with Crippen LogP contribution >= 0.6 is 0 Å². The Balaban J connectivity index is 1.21. The maximum Gasteiger partial charge on any atom is 0.241 e. The molecule has 6 nitrogen and oxygen atoms in total. The van der Waals surface area contributed by atoms with Crippen LogP contribution in [0.25, 0.3) is 0 Å². The lowest BCUT2D eigenvalue weighted by Crippen LogP contribution is -2.44. The zero-order valence-electron chi connectivity index (χ0n) is 14.6. The molecule has 4 fully saturated rings. The molecule has 4 heterocycles. The Hall–Kier alpha value is -1.14. The predicted molar refractivity (Wildman–Crippen MR) is 91.5 cm³/mol. The Morgan fingerprint density at radius 1 is 0.958 bits per heavy atom. The van der Waals surface area contributed by atoms with Crippen LogP contribution in [0.15, 0.2) is 0 Å². The highest BCUT2D eigenvalue weighted by Gasteiger charge is 2.47. The van der Waals surface area contributed by atoms with E-state index in [1.165, 1.54) is 32.4 Å². The van der Waals surface area contributed by atoms with Gasteiger partial charge < -0.3 is 10.2 Å². The average Bonchev–Trinajstić information content (AvgIpc) is 3.28. The fourth-order valence-electron chi connectivity index (χ4n) is 5.29. The first kappa shape index (κ1) is 16.3. The quantitative estimate of drug-likeness (QED) is 0.795. The number of likely N-dealkylation sites (tertiary alicyclic amines) is 2. The molecule has 0 radical (unpaired) electrons. The summed E-state index contributed by atoms with van der Waals surface area (Å²) in [4.78, 5) is 31.0. The summed E-state index contributed by atoms with van der Waals surface area (Å²) in [5, 5.41) is 2.83. The van der Waals surface area contributed by atoms with Gasteiger partial charge in [-0.05, 0) is 44.1 Å². The minimum atomic E-state index is 0.00280. The number of carbonyl (C=O) groups is 2. The van der Waals surface area contributed by atoms with Crippen LogP contribution in [0.2, 0.25) is 0 Å². The van der Waals surface area contributed by atoms with E-state index in [0.717, 1.165) is 56.9 Å². The van der Waals surface area contributed by atoms with Crippen LogP contribution in [0.5, 0.6) is 0 Å². The largest absolute Gasteiger partial charge is 0.346 e. The third-order valence-electron chi connectivity index (χ3n) is 6.46. The number of nitrogens with one attached hydrogen (secondary N) is 1. The third-order valence-corrected chi connectivity index (χ3v) is 6.46. The van der Waals surface area contributed by atoms with Crippen molar-refractivity contribution in [1.29, 1.82) is 0 Å². The van der Waals surface area contributed by atoms with Crippen molar-refractivity contribution < 1.29 is 9.59 Å². The molecule has 2 amide bonds. The van der Waals surface area contributed by atoms with Crippen LogP contribution in [-0.4, -0.2) is 84.9 Å². The van der Waals surface area contributed by atoms with Gasteiger partial charge in [0.1, 0.15) is 0 Å². The minimum absolute atomic E-state index is 0.00280. The van der Waals surface area contributed by atoms with Crippen LogP contribution < -0.4 is 5.32 Å². The molecule has 24 heavy (non-hydrogen) atoms. The van der Waals surface area contributed by atoms with Gasteiger partial charge in [0, 0.05) is 38.8 Å². The van der Waals surface area contributed by atoms with Gasteiger partial charge in [0.25, 0.3) is 0 Å². The summed E-state index contributed by atoms with van der Waals surface area (Å²) < 4.78 is 0. The lowest BCUT2D eigenvalue weighted by Gasteiger charge is -2.33. The molecule has 6 heteroatoms. The van der Waals surface area contributed by atoms with Crippen LogP contribution in [0, 0.1) is 11.8 Å². The van der Waals surface area contributed by atoms with Crippen LogP contribution in [0.4, 0.5) is 0 Å².